The Labute approximate surface area is 328 Å². The first-order chi connectivity index (χ1) is 24.3. The van der Waals surface area contributed by atoms with Crippen molar-refractivity contribution < 1.29 is 0 Å². The minimum absolute atomic E-state index is 0. The highest BCUT2D eigenvalue weighted by atomic mass is 14.3. The highest BCUT2D eigenvalue weighted by Crippen LogP contribution is 2.36. The van der Waals surface area contributed by atoms with Gasteiger partial charge < -0.3 is 0 Å². The van der Waals surface area contributed by atoms with Gasteiger partial charge in [0.1, 0.15) is 0 Å². The molecule has 0 radical (unpaired) electrons. The Hall–Kier alpha value is 0. The lowest BCUT2D eigenvalue weighted by molar-refractivity contribution is 0.210. The van der Waals surface area contributed by atoms with E-state index in [2.05, 4.69) is 41.5 Å². The van der Waals surface area contributed by atoms with Gasteiger partial charge in [-0.1, -0.05) is 282 Å². The van der Waals surface area contributed by atoms with Crippen LogP contribution >= 0.6 is 0 Å². The Morgan fingerprint density at radius 3 is 0.569 bits per heavy atom. The van der Waals surface area contributed by atoms with Crippen LogP contribution in [0.4, 0.5) is 0 Å². The lowest BCUT2D eigenvalue weighted by Crippen LogP contribution is -2.18. The molecule has 5 saturated carbocycles. The maximum absolute atomic E-state index is 2.45. The molecule has 0 heterocycles. The van der Waals surface area contributed by atoms with Crippen molar-refractivity contribution >= 4 is 0 Å². The molecular formula is C51H106. The van der Waals surface area contributed by atoms with Crippen molar-refractivity contribution in [3.8, 4) is 0 Å². The molecule has 0 atom stereocenters. The molecule has 5 rings (SSSR count). The summed E-state index contributed by atoms with van der Waals surface area (Å²) in [5, 5.41) is 0. The minimum Gasteiger partial charge on any atom is -0.0776 e. The van der Waals surface area contributed by atoms with Gasteiger partial charge in [0.25, 0.3) is 0 Å². The molecule has 5 aliphatic rings. The highest BCUT2D eigenvalue weighted by Gasteiger charge is 2.23. The van der Waals surface area contributed by atoms with E-state index >= 15 is 0 Å². The van der Waals surface area contributed by atoms with Gasteiger partial charge in [-0.3, -0.25) is 0 Å². The van der Waals surface area contributed by atoms with Gasteiger partial charge in [0, 0.05) is 0 Å². The van der Waals surface area contributed by atoms with Crippen LogP contribution in [0.3, 0.4) is 0 Å². The van der Waals surface area contributed by atoms with Crippen LogP contribution in [-0.2, 0) is 0 Å². The average molecular weight is 719 g/mol. The van der Waals surface area contributed by atoms with Crippen LogP contribution in [0.25, 0.3) is 0 Å². The summed E-state index contributed by atoms with van der Waals surface area (Å²) in [5.74, 6) is 8.25. The van der Waals surface area contributed by atoms with Crippen molar-refractivity contribution in [1.29, 1.82) is 0 Å². The SMILES string of the molecule is C.CC.CC.CC1CCCC(C)CCC1.CC1CCCC(C)CCC1.CC1CCCC(C2CCCCCCC2)CCC1.CC1CCCCCCC1. The van der Waals surface area contributed by atoms with Gasteiger partial charge in [-0.2, -0.15) is 0 Å². The Kier molecular flexibility index (Phi) is 39.9. The average Bonchev–Trinajstić information content (AvgIpc) is 3.06. The Morgan fingerprint density at radius 1 is 0.196 bits per heavy atom. The molecule has 0 aromatic rings. The standard InChI is InChI=1S/C17H32.2C10H20.C9H18.2C2H6.CH4/c1-15-9-7-13-17(14-8-10-15)16-11-5-3-2-4-6-12-16;2*1-9-5-3-7-10(2)8-4-6-9;1-9-7-5-3-2-4-6-8-9;2*1-2;/h15-17H,2-14H2,1H3;2*9-10H,3-8H2,1-2H3;9H,2-8H2,1H3;2*1-2H3;1H4. The third-order valence-electron chi connectivity index (χ3n) is 13.3. The number of hydrogen-bond donors (Lipinski definition) is 0. The molecule has 0 unspecified atom stereocenters. The maximum atomic E-state index is 2.45. The van der Waals surface area contributed by atoms with Gasteiger partial charge in [-0.15, -0.1) is 0 Å². The smallest absolute Gasteiger partial charge is 0.0386 e. The van der Waals surface area contributed by atoms with E-state index in [1.54, 1.807) is 25.7 Å². The second kappa shape index (κ2) is 38.3. The van der Waals surface area contributed by atoms with E-state index < -0.39 is 0 Å². The Balaban J connectivity index is 0. The van der Waals surface area contributed by atoms with E-state index in [0.717, 1.165) is 47.3 Å². The summed E-state index contributed by atoms with van der Waals surface area (Å²) in [6, 6.07) is 0. The molecule has 0 nitrogen and oxygen atoms in total. The lowest BCUT2D eigenvalue weighted by Gasteiger charge is -2.31. The number of rotatable bonds is 1. The molecule has 5 fully saturated rings. The van der Waals surface area contributed by atoms with Gasteiger partial charge in [0.05, 0.1) is 0 Å². The van der Waals surface area contributed by atoms with Crippen molar-refractivity contribution in [1.82, 2.24) is 0 Å². The fourth-order valence-electron chi connectivity index (χ4n) is 9.67. The van der Waals surface area contributed by atoms with Gasteiger partial charge >= 0.3 is 0 Å². The summed E-state index contributed by atoms with van der Waals surface area (Å²) in [4.78, 5) is 0. The van der Waals surface area contributed by atoms with E-state index in [9.17, 15) is 0 Å². The Morgan fingerprint density at radius 2 is 0.333 bits per heavy atom. The molecule has 0 aliphatic heterocycles. The molecule has 0 bridgehead atoms. The fourth-order valence-corrected chi connectivity index (χ4v) is 9.67. The molecule has 5 aliphatic carbocycles. The van der Waals surface area contributed by atoms with E-state index in [-0.39, 0.29) is 7.43 Å². The molecule has 0 saturated heterocycles. The number of hydrogen-bond acceptors (Lipinski definition) is 0. The summed E-state index contributed by atoms with van der Waals surface area (Å²) in [7, 11) is 0. The maximum Gasteiger partial charge on any atom is -0.0386 e. The highest BCUT2D eigenvalue weighted by molar-refractivity contribution is 4.75. The van der Waals surface area contributed by atoms with Crippen LogP contribution in [0.2, 0.25) is 0 Å². The monoisotopic (exact) mass is 719 g/mol. The molecule has 0 aromatic heterocycles. The minimum atomic E-state index is 0. The van der Waals surface area contributed by atoms with Crippen LogP contribution in [0, 0.1) is 47.3 Å². The van der Waals surface area contributed by atoms with E-state index in [4.69, 9.17) is 0 Å². The van der Waals surface area contributed by atoms with Gasteiger partial charge in [-0.05, 0) is 47.3 Å². The van der Waals surface area contributed by atoms with Gasteiger partial charge in [0.15, 0.2) is 0 Å². The van der Waals surface area contributed by atoms with Crippen molar-refractivity contribution in [3.05, 3.63) is 0 Å². The van der Waals surface area contributed by atoms with E-state index in [1.165, 1.54) is 180 Å². The first kappa shape index (κ1) is 53.1. The second-order valence-electron chi connectivity index (χ2n) is 18.4. The van der Waals surface area contributed by atoms with Crippen LogP contribution in [0.15, 0.2) is 0 Å². The first-order valence-corrected chi connectivity index (χ1v) is 24.3. The largest absolute Gasteiger partial charge is 0.0776 e. The molecule has 0 aromatic carbocycles. The molecule has 0 spiro atoms. The van der Waals surface area contributed by atoms with Crippen molar-refractivity contribution in [2.45, 2.75) is 282 Å². The van der Waals surface area contributed by atoms with Crippen LogP contribution in [-0.4, -0.2) is 0 Å². The third-order valence-corrected chi connectivity index (χ3v) is 13.3. The molecule has 0 N–H and O–H groups in total. The summed E-state index contributed by atoms with van der Waals surface area (Å²) in [5.41, 5.74) is 0. The summed E-state index contributed by atoms with van der Waals surface area (Å²) >= 11 is 0. The van der Waals surface area contributed by atoms with Crippen LogP contribution in [0.1, 0.15) is 282 Å². The molecule has 0 heteroatoms. The lowest BCUT2D eigenvalue weighted by atomic mass is 9.75. The first-order valence-electron chi connectivity index (χ1n) is 24.3. The van der Waals surface area contributed by atoms with Crippen molar-refractivity contribution in [3.63, 3.8) is 0 Å². The van der Waals surface area contributed by atoms with Gasteiger partial charge in [-0.25, -0.2) is 0 Å². The predicted octanol–water partition coefficient (Wildman–Crippen LogP) is 19.2. The molecule has 51 heavy (non-hydrogen) atoms. The molecule has 0 amide bonds. The molecule has 310 valence electrons. The molecular weight excluding hydrogens is 613 g/mol. The summed E-state index contributed by atoms with van der Waals surface area (Å²) in [6.07, 6.45) is 48.0. The van der Waals surface area contributed by atoms with Gasteiger partial charge in [0.2, 0.25) is 0 Å². The summed E-state index contributed by atoms with van der Waals surface area (Å²) in [6.45, 7) is 22.4. The third kappa shape index (κ3) is 32.0. The second-order valence-corrected chi connectivity index (χ2v) is 18.4. The quantitative estimate of drug-likeness (QED) is 0.253. The summed E-state index contributed by atoms with van der Waals surface area (Å²) < 4.78 is 0. The fraction of sp³-hybridized carbons (Fsp3) is 1.00. The predicted molar refractivity (Wildman–Crippen MR) is 239 cm³/mol. The van der Waals surface area contributed by atoms with E-state index in [1.807, 2.05) is 27.7 Å². The van der Waals surface area contributed by atoms with Crippen LogP contribution < -0.4 is 0 Å². The van der Waals surface area contributed by atoms with E-state index in [0.29, 0.717) is 0 Å². The topological polar surface area (TPSA) is 0 Å². The zero-order valence-electron chi connectivity index (χ0n) is 37.2. The zero-order chi connectivity index (χ0) is 37.2. The zero-order valence-corrected chi connectivity index (χ0v) is 37.2. The van der Waals surface area contributed by atoms with Crippen molar-refractivity contribution in [2.75, 3.05) is 0 Å². The Bertz CT molecular complexity index is 560. The van der Waals surface area contributed by atoms with Crippen molar-refractivity contribution in [2.24, 2.45) is 47.3 Å². The normalized spacial score (nSPS) is 30.5. The van der Waals surface area contributed by atoms with Crippen LogP contribution in [0.5, 0.6) is 0 Å².